The summed E-state index contributed by atoms with van der Waals surface area (Å²) >= 11 is 0. The Morgan fingerprint density at radius 1 is 0.750 bits per heavy atom. The lowest BCUT2D eigenvalue weighted by Crippen LogP contribution is -2.39. The molecule has 0 radical (unpaired) electrons. The van der Waals surface area contributed by atoms with Crippen LogP contribution < -0.4 is 0 Å². The van der Waals surface area contributed by atoms with Gasteiger partial charge < -0.3 is 15.3 Å². The monoisotopic (exact) mass is 596 g/mol. The molecule has 0 bridgehead atoms. The molecule has 0 saturated heterocycles. The highest BCUT2D eigenvalue weighted by Crippen LogP contribution is 2.41. The Bertz CT molecular complexity index is 1460. The first-order valence-corrected chi connectivity index (χ1v) is 15.4. The number of Topliss-reactive ketones (excluding diaryl/α,β-unsaturated/α-hetero) is 1. The molecule has 2 aliphatic rings. The molecule has 0 heterocycles. The van der Waals surface area contributed by atoms with Gasteiger partial charge in [-0.15, -0.1) is 0 Å². The van der Waals surface area contributed by atoms with Crippen LogP contribution in [0, 0.1) is 22.7 Å². The highest BCUT2D eigenvalue weighted by Gasteiger charge is 2.38. The van der Waals surface area contributed by atoms with Gasteiger partial charge in [0.25, 0.3) is 0 Å². The van der Waals surface area contributed by atoms with Crippen LogP contribution in [0.1, 0.15) is 82.1 Å². The smallest absolute Gasteiger partial charge is 0.187 e. The van der Waals surface area contributed by atoms with E-state index in [1.165, 1.54) is 0 Å². The van der Waals surface area contributed by atoms with Crippen molar-refractivity contribution in [2.45, 2.75) is 100 Å². The maximum Gasteiger partial charge on any atom is 0.187 e. The molecule has 0 aromatic rings. The second-order valence-electron chi connectivity index (χ2n) is 13.4. The molecular weight excluding hydrogens is 544 g/mol. The lowest BCUT2D eigenvalue weighted by Gasteiger charge is -2.37. The van der Waals surface area contributed by atoms with E-state index in [1.54, 1.807) is 6.92 Å². The summed E-state index contributed by atoms with van der Waals surface area (Å²) in [5, 5.41) is 30.4. The average molecular weight is 597 g/mol. The summed E-state index contributed by atoms with van der Waals surface area (Å²) in [4.78, 5) is 12.2. The van der Waals surface area contributed by atoms with Crippen molar-refractivity contribution in [3.8, 4) is 11.8 Å². The molecule has 2 rings (SSSR count). The van der Waals surface area contributed by atoms with E-state index in [9.17, 15) is 20.1 Å². The van der Waals surface area contributed by atoms with Crippen LogP contribution in [0.3, 0.4) is 0 Å². The molecule has 44 heavy (non-hydrogen) atoms. The predicted molar refractivity (Wildman–Crippen MR) is 185 cm³/mol. The molecule has 236 valence electrons. The van der Waals surface area contributed by atoms with Crippen molar-refractivity contribution in [1.82, 2.24) is 0 Å². The van der Waals surface area contributed by atoms with Gasteiger partial charge in [0.2, 0.25) is 0 Å². The number of rotatable bonds is 8. The van der Waals surface area contributed by atoms with E-state index in [4.69, 9.17) is 0 Å². The Morgan fingerprint density at radius 2 is 1.27 bits per heavy atom. The third-order valence-corrected chi connectivity index (χ3v) is 8.26. The summed E-state index contributed by atoms with van der Waals surface area (Å²) in [6, 6.07) is 0. The minimum absolute atomic E-state index is 0.175. The number of aliphatic hydroxyl groups excluding tert-OH is 3. The third-order valence-electron chi connectivity index (χ3n) is 8.26. The second-order valence-corrected chi connectivity index (χ2v) is 13.4. The number of allylic oxidation sites excluding steroid dienone is 18. The van der Waals surface area contributed by atoms with Crippen LogP contribution in [-0.2, 0) is 4.79 Å². The van der Waals surface area contributed by atoms with Crippen LogP contribution in [-0.4, -0.2) is 39.4 Å². The largest absolute Gasteiger partial charge is 0.390 e. The molecule has 0 aromatic heterocycles. The van der Waals surface area contributed by atoms with E-state index in [0.29, 0.717) is 18.4 Å². The van der Waals surface area contributed by atoms with Crippen LogP contribution in [0.15, 0.2) is 117 Å². The standard InChI is InChI=1S/C40H52O4/c1-27(17-13-19-29(3)21-23-33-31(5)37(43)35(41)25-39(33,7)8)15-11-12-16-28(2)18-14-20-30(4)22-24-34-32(6)38(44)36(42)26-40(34,9)10/h11-21,23,35-36,38,41-42,44H,25-26H2,1-10H3. The maximum atomic E-state index is 12.2. The fourth-order valence-electron chi connectivity index (χ4n) is 5.60. The Morgan fingerprint density at radius 3 is 1.86 bits per heavy atom. The van der Waals surface area contributed by atoms with Crippen molar-refractivity contribution < 1.29 is 20.1 Å². The van der Waals surface area contributed by atoms with Crippen molar-refractivity contribution >= 4 is 5.78 Å². The summed E-state index contributed by atoms with van der Waals surface area (Å²) in [5.74, 6) is 6.26. The van der Waals surface area contributed by atoms with E-state index in [0.717, 1.165) is 39.0 Å². The molecular formula is C40H52O4. The Hall–Kier alpha value is -3.49. The summed E-state index contributed by atoms with van der Waals surface area (Å²) < 4.78 is 0. The molecule has 3 N–H and O–H groups in total. The molecule has 4 heteroatoms. The zero-order valence-corrected chi connectivity index (χ0v) is 28.3. The first-order chi connectivity index (χ1) is 20.5. The van der Waals surface area contributed by atoms with Crippen molar-refractivity contribution in [3.05, 3.63) is 117 Å². The summed E-state index contributed by atoms with van der Waals surface area (Å²) in [6.45, 7) is 20.0. The van der Waals surface area contributed by atoms with Gasteiger partial charge >= 0.3 is 0 Å². The van der Waals surface area contributed by atoms with Crippen molar-refractivity contribution in [2.24, 2.45) is 10.8 Å². The zero-order valence-electron chi connectivity index (χ0n) is 28.3. The van der Waals surface area contributed by atoms with Crippen LogP contribution in [0.25, 0.3) is 0 Å². The average Bonchev–Trinajstić information content (AvgIpc) is 2.92. The number of ketones is 1. The molecule has 0 saturated carbocycles. The fourth-order valence-corrected chi connectivity index (χ4v) is 5.60. The van der Waals surface area contributed by atoms with Gasteiger partial charge in [-0.05, 0) is 82.1 Å². The second kappa shape index (κ2) is 16.0. The summed E-state index contributed by atoms with van der Waals surface area (Å²) in [7, 11) is 0. The third kappa shape index (κ3) is 10.6. The van der Waals surface area contributed by atoms with Gasteiger partial charge in [0.1, 0.15) is 12.2 Å². The van der Waals surface area contributed by atoms with Gasteiger partial charge in [-0.3, -0.25) is 4.79 Å². The molecule has 3 atom stereocenters. The van der Waals surface area contributed by atoms with Crippen molar-refractivity contribution in [3.63, 3.8) is 0 Å². The van der Waals surface area contributed by atoms with E-state index in [2.05, 4.69) is 58.6 Å². The number of aliphatic hydroxyl groups is 3. The molecule has 0 aromatic carbocycles. The number of carbonyl (C=O) groups is 1. The van der Waals surface area contributed by atoms with Crippen LogP contribution in [0.2, 0.25) is 0 Å². The lowest BCUT2D eigenvalue weighted by atomic mass is 9.71. The van der Waals surface area contributed by atoms with Crippen LogP contribution in [0.4, 0.5) is 0 Å². The van der Waals surface area contributed by atoms with Gasteiger partial charge in [-0.1, -0.05) is 129 Å². The summed E-state index contributed by atoms with van der Waals surface area (Å²) in [5.41, 5.74) is 6.99. The van der Waals surface area contributed by atoms with Crippen molar-refractivity contribution in [1.29, 1.82) is 0 Å². The topological polar surface area (TPSA) is 77.8 Å². The van der Waals surface area contributed by atoms with E-state index >= 15 is 0 Å². The Labute approximate surface area is 266 Å². The Balaban J connectivity index is 1.96. The first-order valence-electron chi connectivity index (χ1n) is 15.4. The van der Waals surface area contributed by atoms with Crippen LogP contribution >= 0.6 is 0 Å². The Kier molecular flexibility index (Phi) is 13.3. The van der Waals surface area contributed by atoms with Crippen LogP contribution in [0.5, 0.6) is 0 Å². The van der Waals surface area contributed by atoms with Gasteiger partial charge in [0.05, 0.1) is 6.10 Å². The molecule has 2 aliphatic carbocycles. The highest BCUT2D eigenvalue weighted by atomic mass is 16.3. The molecule has 4 nitrogen and oxygen atoms in total. The molecule has 3 unspecified atom stereocenters. The van der Waals surface area contributed by atoms with E-state index < -0.39 is 18.3 Å². The first kappa shape index (κ1) is 36.7. The van der Waals surface area contributed by atoms with Gasteiger partial charge in [0, 0.05) is 11.0 Å². The molecule has 0 aliphatic heterocycles. The SMILES string of the molecule is CC(C#CC1=C(C)C(O)C(O)CC1(C)C)=CC=CC(C)=CC=CC=C(C)C=CC=C(C)C=CC1=C(C)C(=O)C(O)CC1(C)C. The van der Waals surface area contributed by atoms with E-state index in [-0.39, 0.29) is 16.6 Å². The molecule has 0 amide bonds. The zero-order chi connectivity index (χ0) is 33.2. The number of hydrogen-bond acceptors (Lipinski definition) is 4. The minimum atomic E-state index is -0.907. The highest BCUT2D eigenvalue weighted by molar-refractivity contribution is 6.00. The lowest BCUT2D eigenvalue weighted by molar-refractivity contribution is -0.125. The summed E-state index contributed by atoms with van der Waals surface area (Å²) in [6.07, 6.45) is 22.7. The van der Waals surface area contributed by atoms with Gasteiger partial charge in [0.15, 0.2) is 5.78 Å². The van der Waals surface area contributed by atoms with Gasteiger partial charge in [-0.25, -0.2) is 0 Å². The number of carbonyl (C=O) groups excluding carboxylic acids is 1. The predicted octanol–water partition coefficient (Wildman–Crippen LogP) is 8.14. The van der Waals surface area contributed by atoms with E-state index in [1.807, 2.05) is 88.5 Å². The maximum absolute atomic E-state index is 12.2. The van der Waals surface area contributed by atoms with Crippen molar-refractivity contribution in [2.75, 3.05) is 0 Å². The molecule has 0 spiro atoms. The fraction of sp³-hybridized carbons (Fsp3) is 0.425. The quantitative estimate of drug-likeness (QED) is 0.195. The normalized spacial score (nSPS) is 25.7. The van der Waals surface area contributed by atoms with Gasteiger partial charge in [-0.2, -0.15) is 0 Å². The number of hydrogen-bond donors (Lipinski definition) is 3. The minimum Gasteiger partial charge on any atom is -0.390 e. The molecule has 0 fully saturated rings.